The van der Waals surface area contributed by atoms with E-state index >= 15 is 0 Å². The smallest absolute Gasteiger partial charge is 0.265 e. The third-order valence-electron chi connectivity index (χ3n) is 5.32. The van der Waals surface area contributed by atoms with Gasteiger partial charge < -0.3 is 10.2 Å². The lowest BCUT2D eigenvalue weighted by Crippen LogP contribution is -2.44. The van der Waals surface area contributed by atoms with Gasteiger partial charge in [-0.25, -0.2) is 4.98 Å². The minimum absolute atomic E-state index is 0. The molecular weight excluding hydrogens is 391 g/mol. The van der Waals surface area contributed by atoms with E-state index in [4.69, 9.17) is 0 Å². The molecule has 0 aromatic carbocycles. The molecule has 2 aliphatic heterocycles. The van der Waals surface area contributed by atoms with Crippen LogP contribution in [0.3, 0.4) is 0 Å². The van der Waals surface area contributed by atoms with E-state index in [0.717, 1.165) is 60.3 Å². The molecule has 2 fully saturated rings. The van der Waals surface area contributed by atoms with Crippen LogP contribution in [0.5, 0.6) is 0 Å². The molecule has 1 spiro atoms. The molecule has 0 bridgehead atoms. The van der Waals surface area contributed by atoms with E-state index in [-0.39, 0.29) is 30.7 Å². The third-order valence-corrected chi connectivity index (χ3v) is 6.49. The Kier molecular flexibility index (Phi) is 7.02. The van der Waals surface area contributed by atoms with Crippen LogP contribution in [-0.2, 0) is 0 Å². The molecule has 2 aromatic heterocycles. The fraction of sp³-hybridized carbons (Fsp3) is 0.500. The fourth-order valence-corrected chi connectivity index (χ4v) is 4.75. The number of nitrogens with one attached hydrogen (secondary N) is 1. The first-order valence-corrected chi connectivity index (χ1v) is 9.37. The molecule has 2 aliphatic rings. The second-order valence-electron chi connectivity index (χ2n) is 6.87. The Hall–Kier alpha value is -1.21. The number of amides is 1. The van der Waals surface area contributed by atoms with Gasteiger partial charge in [-0.2, -0.15) is 0 Å². The number of likely N-dealkylation sites (tertiary alicyclic amines) is 1. The number of nitrogens with zero attached hydrogens (tertiary/aromatic N) is 3. The standard InChI is InChI=1S/C18H22N4OS.2ClH/c1-13-15(24-16(21-13)14-4-2-3-8-20-14)17(23)22-10-6-18(7-11-22)5-9-19-12-18;;/h2-4,8,19H,5-7,9-12H2,1H3;2*1H. The summed E-state index contributed by atoms with van der Waals surface area (Å²) in [5.41, 5.74) is 2.08. The quantitative estimate of drug-likeness (QED) is 0.815. The van der Waals surface area contributed by atoms with Crippen LogP contribution in [0, 0.1) is 12.3 Å². The Labute approximate surface area is 170 Å². The van der Waals surface area contributed by atoms with Gasteiger partial charge in [-0.15, -0.1) is 36.2 Å². The van der Waals surface area contributed by atoms with Gasteiger partial charge in [-0.3, -0.25) is 9.78 Å². The lowest BCUT2D eigenvalue weighted by molar-refractivity contribution is 0.0611. The first kappa shape index (κ1) is 21.1. The second-order valence-corrected chi connectivity index (χ2v) is 7.87. The van der Waals surface area contributed by atoms with Crippen molar-refractivity contribution >= 4 is 42.1 Å². The number of piperidine rings is 1. The summed E-state index contributed by atoms with van der Waals surface area (Å²) in [4.78, 5) is 24.6. The van der Waals surface area contributed by atoms with Crippen molar-refractivity contribution in [1.29, 1.82) is 0 Å². The van der Waals surface area contributed by atoms with Crippen molar-refractivity contribution in [3.05, 3.63) is 35.0 Å². The van der Waals surface area contributed by atoms with Crippen LogP contribution in [0.2, 0.25) is 0 Å². The molecule has 2 aromatic rings. The number of pyridine rings is 1. The Balaban J connectivity index is 0.00000121. The van der Waals surface area contributed by atoms with Crippen LogP contribution in [-0.4, -0.2) is 47.0 Å². The van der Waals surface area contributed by atoms with Crippen molar-refractivity contribution in [3.8, 4) is 10.7 Å². The SMILES string of the molecule is Cc1nc(-c2ccccn2)sc1C(=O)N1CCC2(CCNC2)CC1.Cl.Cl. The number of halogens is 2. The Morgan fingerprint density at radius 1 is 1.23 bits per heavy atom. The van der Waals surface area contributed by atoms with Gasteiger partial charge in [0.25, 0.3) is 5.91 Å². The van der Waals surface area contributed by atoms with E-state index in [1.807, 2.05) is 30.0 Å². The van der Waals surface area contributed by atoms with Gasteiger partial charge in [0.1, 0.15) is 9.88 Å². The minimum Gasteiger partial charge on any atom is -0.338 e. The molecule has 1 N–H and O–H groups in total. The molecule has 26 heavy (non-hydrogen) atoms. The fourth-order valence-electron chi connectivity index (χ4n) is 3.74. The lowest BCUT2D eigenvalue weighted by atomic mass is 9.78. The van der Waals surface area contributed by atoms with Crippen molar-refractivity contribution in [2.45, 2.75) is 26.2 Å². The molecule has 0 aliphatic carbocycles. The van der Waals surface area contributed by atoms with Crippen LogP contribution in [0.15, 0.2) is 24.4 Å². The lowest BCUT2D eigenvalue weighted by Gasteiger charge is -2.38. The third kappa shape index (κ3) is 4.03. The molecule has 5 nitrogen and oxygen atoms in total. The zero-order valence-electron chi connectivity index (χ0n) is 14.7. The normalized spacial score (nSPS) is 18.3. The predicted molar refractivity (Wildman–Crippen MR) is 110 cm³/mol. The molecule has 8 heteroatoms. The number of rotatable bonds is 2. The molecule has 0 saturated carbocycles. The second kappa shape index (κ2) is 8.65. The number of hydrogen-bond donors (Lipinski definition) is 1. The van der Waals surface area contributed by atoms with Crippen LogP contribution >= 0.6 is 36.2 Å². The number of thiazole rings is 1. The van der Waals surface area contributed by atoms with Crippen LogP contribution in [0.25, 0.3) is 10.7 Å². The molecule has 4 rings (SSSR count). The van der Waals surface area contributed by atoms with E-state index in [9.17, 15) is 4.79 Å². The molecular formula is C18H24Cl2N4OS. The molecule has 142 valence electrons. The zero-order chi connectivity index (χ0) is 16.6. The summed E-state index contributed by atoms with van der Waals surface area (Å²) in [6.45, 7) is 5.86. The van der Waals surface area contributed by atoms with E-state index in [1.54, 1.807) is 6.20 Å². The molecule has 0 radical (unpaired) electrons. The topological polar surface area (TPSA) is 58.1 Å². The maximum Gasteiger partial charge on any atom is 0.265 e. The van der Waals surface area contributed by atoms with Crippen LogP contribution < -0.4 is 5.32 Å². The maximum absolute atomic E-state index is 12.9. The average Bonchev–Trinajstić information content (AvgIpc) is 3.23. The van der Waals surface area contributed by atoms with E-state index in [2.05, 4.69) is 15.3 Å². The maximum atomic E-state index is 12.9. The minimum atomic E-state index is 0. The summed E-state index contributed by atoms with van der Waals surface area (Å²) in [7, 11) is 0. The predicted octanol–water partition coefficient (Wildman–Crippen LogP) is 3.57. The zero-order valence-corrected chi connectivity index (χ0v) is 17.2. The number of carbonyl (C=O) groups excluding carboxylic acids is 1. The molecule has 2 saturated heterocycles. The number of hydrogen-bond acceptors (Lipinski definition) is 5. The van der Waals surface area contributed by atoms with E-state index in [1.165, 1.54) is 17.8 Å². The molecule has 1 amide bonds. The number of aryl methyl sites for hydroxylation is 1. The highest BCUT2D eigenvalue weighted by Gasteiger charge is 2.38. The molecule has 4 heterocycles. The first-order valence-electron chi connectivity index (χ1n) is 8.56. The highest BCUT2D eigenvalue weighted by Crippen LogP contribution is 2.38. The van der Waals surface area contributed by atoms with Gasteiger partial charge in [0.05, 0.1) is 11.4 Å². The monoisotopic (exact) mass is 414 g/mol. The van der Waals surface area contributed by atoms with Gasteiger partial charge in [-0.1, -0.05) is 6.07 Å². The van der Waals surface area contributed by atoms with Crippen molar-refractivity contribution in [2.24, 2.45) is 5.41 Å². The van der Waals surface area contributed by atoms with Gasteiger partial charge in [0.15, 0.2) is 0 Å². The summed E-state index contributed by atoms with van der Waals surface area (Å²) in [5, 5.41) is 4.29. The summed E-state index contributed by atoms with van der Waals surface area (Å²) >= 11 is 1.46. The average molecular weight is 415 g/mol. The van der Waals surface area contributed by atoms with E-state index in [0.29, 0.717) is 5.41 Å². The summed E-state index contributed by atoms with van der Waals surface area (Å²) < 4.78 is 0. The molecule has 0 atom stereocenters. The summed E-state index contributed by atoms with van der Waals surface area (Å²) in [5.74, 6) is 0.132. The van der Waals surface area contributed by atoms with Crippen molar-refractivity contribution < 1.29 is 4.79 Å². The van der Waals surface area contributed by atoms with Gasteiger partial charge in [0, 0.05) is 25.8 Å². The highest BCUT2D eigenvalue weighted by atomic mass is 35.5. The Morgan fingerprint density at radius 2 is 2.00 bits per heavy atom. The van der Waals surface area contributed by atoms with E-state index < -0.39 is 0 Å². The van der Waals surface area contributed by atoms with Crippen molar-refractivity contribution in [2.75, 3.05) is 26.2 Å². The van der Waals surface area contributed by atoms with Crippen LogP contribution in [0.4, 0.5) is 0 Å². The number of aromatic nitrogens is 2. The Morgan fingerprint density at radius 3 is 2.62 bits per heavy atom. The summed E-state index contributed by atoms with van der Waals surface area (Å²) in [6, 6.07) is 5.77. The van der Waals surface area contributed by atoms with Crippen molar-refractivity contribution in [1.82, 2.24) is 20.2 Å². The first-order chi connectivity index (χ1) is 11.7. The van der Waals surface area contributed by atoms with Gasteiger partial charge in [0.2, 0.25) is 0 Å². The highest BCUT2D eigenvalue weighted by molar-refractivity contribution is 7.17. The molecule has 0 unspecified atom stereocenters. The van der Waals surface area contributed by atoms with Gasteiger partial charge >= 0.3 is 0 Å². The van der Waals surface area contributed by atoms with Crippen LogP contribution in [0.1, 0.15) is 34.6 Å². The van der Waals surface area contributed by atoms with Crippen molar-refractivity contribution in [3.63, 3.8) is 0 Å². The van der Waals surface area contributed by atoms with Gasteiger partial charge in [-0.05, 0) is 50.3 Å². The largest absolute Gasteiger partial charge is 0.338 e. The Bertz CT molecular complexity index is 737. The summed E-state index contributed by atoms with van der Waals surface area (Å²) in [6.07, 6.45) is 5.22. The number of carbonyl (C=O) groups is 1.